The number of hydrogen-bond donors (Lipinski definition) is 0. The smallest absolute Gasteiger partial charge is 0.0719 e. The Morgan fingerprint density at radius 2 is 1.80 bits per heavy atom. The molecule has 2 aromatic carbocycles. The van der Waals surface area contributed by atoms with Crippen molar-refractivity contribution in [2.75, 3.05) is 6.61 Å². The Morgan fingerprint density at radius 1 is 0.950 bits per heavy atom. The zero-order valence-corrected chi connectivity index (χ0v) is 12.2. The van der Waals surface area contributed by atoms with Crippen LogP contribution in [0.1, 0.15) is 42.9 Å². The standard InChI is InChI=1S/C19H22O/c1-2-3-6-12-20-14-16-9-7-11-18-17-10-5-4-8-15(17)13-19(16)18/h4-5,7-11H,2-3,6,12-14H2,1H3. The van der Waals surface area contributed by atoms with E-state index in [1.807, 2.05) is 0 Å². The van der Waals surface area contributed by atoms with E-state index in [-0.39, 0.29) is 0 Å². The first-order valence-corrected chi connectivity index (χ1v) is 7.67. The van der Waals surface area contributed by atoms with E-state index in [9.17, 15) is 0 Å². The van der Waals surface area contributed by atoms with Crippen molar-refractivity contribution >= 4 is 0 Å². The number of hydrogen-bond acceptors (Lipinski definition) is 1. The highest BCUT2D eigenvalue weighted by molar-refractivity contribution is 5.77. The first-order chi connectivity index (χ1) is 9.90. The van der Waals surface area contributed by atoms with Crippen LogP contribution in [0.5, 0.6) is 0 Å². The lowest BCUT2D eigenvalue weighted by Gasteiger charge is -2.09. The predicted octanol–water partition coefficient (Wildman–Crippen LogP) is 4.96. The summed E-state index contributed by atoms with van der Waals surface area (Å²) < 4.78 is 5.85. The fourth-order valence-corrected chi connectivity index (χ4v) is 2.99. The van der Waals surface area contributed by atoms with Crippen molar-refractivity contribution in [2.24, 2.45) is 0 Å². The SMILES string of the molecule is CCCCCOCc1cccc2c1Cc1ccccc1-2. The molecule has 0 N–H and O–H groups in total. The Bertz CT molecular complexity index is 586. The molecule has 0 atom stereocenters. The summed E-state index contributed by atoms with van der Waals surface area (Å²) in [5.41, 5.74) is 7.06. The molecule has 1 aliphatic rings. The Balaban J connectivity index is 1.73. The second-order valence-electron chi connectivity index (χ2n) is 5.54. The lowest BCUT2D eigenvalue weighted by Crippen LogP contribution is -1.99. The molecule has 20 heavy (non-hydrogen) atoms. The predicted molar refractivity (Wildman–Crippen MR) is 83.9 cm³/mol. The summed E-state index contributed by atoms with van der Waals surface area (Å²) >= 11 is 0. The summed E-state index contributed by atoms with van der Waals surface area (Å²) in [7, 11) is 0. The molecule has 3 rings (SSSR count). The van der Waals surface area contributed by atoms with E-state index in [4.69, 9.17) is 4.74 Å². The molecule has 0 aliphatic heterocycles. The van der Waals surface area contributed by atoms with Crippen LogP contribution >= 0.6 is 0 Å². The Hall–Kier alpha value is -1.60. The van der Waals surface area contributed by atoms with Gasteiger partial charge in [0, 0.05) is 6.61 Å². The van der Waals surface area contributed by atoms with E-state index in [2.05, 4.69) is 49.4 Å². The zero-order chi connectivity index (χ0) is 13.8. The average Bonchev–Trinajstić information content (AvgIpc) is 2.87. The van der Waals surface area contributed by atoms with E-state index in [1.165, 1.54) is 47.1 Å². The summed E-state index contributed by atoms with van der Waals surface area (Å²) in [5, 5.41) is 0. The molecule has 0 aromatic heterocycles. The van der Waals surface area contributed by atoms with Crippen LogP contribution in [0.25, 0.3) is 11.1 Å². The molecule has 0 unspecified atom stereocenters. The minimum Gasteiger partial charge on any atom is -0.377 e. The van der Waals surface area contributed by atoms with E-state index < -0.39 is 0 Å². The minimum atomic E-state index is 0.751. The second kappa shape index (κ2) is 6.23. The molecule has 1 aliphatic carbocycles. The highest BCUT2D eigenvalue weighted by Crippen LogP contribution is 2.38. The van der Waals surface area contributed by atoms with Crippen LogP contribution in [0.4, 0.5) is 0 Å². The van der Waals surface area contributed by atoms with Gasteiger partial charge in [0.2, 0.25) is 0 Å². The van der Waals surface area contributed by atoms with Crippen molar-refractivity contribution < 1.29 is 4.74 Å². The van der Waals surface area contributed by atoms with Gasteiger partial charge in [0.05, 0.1) is 6.61 Å². The Kier molecular flexibility index (Phi) is 4.17. The molecule has 0 radical (unpaired) electrons. The van der Waals surface area contributed by atoms with Crippen molar-refractivity contribution in [3.05, 3.63) is 59.2 Å². The molecule has 0 heterocycles. The molecule has 0 spiro atoms. The van der Waals surface area contributed by atoms with Gasteiger partial charge in [-0.2, -0.15) is 0 Å². The number of rotatable bonds is 6. The van der Waals surface area contributed by atoms with Crippen molar-refractivity contribution in [1.82, 2.24) is 0 Å². The monoisotopic (exact) mass is 266 g/mol. The molecule has 2 aromatic rings. The quantitative estimate of drug-likeness (QED) is 0.573. The summed E-state index contributed by atoms with van der Waals surface area (Å²) in [5.74, 6) is 0. The number of unbranched alkanes of at least 4 members (excludes halogenated alkanes) is 2. The summed E-state index contributed by atoms with van der Waals surface area (Å²) in [6.07, 6.45) is 4.74. The van der Waals surface area contributed by atoms with Gasteiger partial charge in [-0.25, -0.2) is 0 Å². The average molecular weight is 266 g/mol. The van der Waals surface area contributed by atoms with Crippen LogP contribution in [0.3, 0.4) is 0 Å². The van der Waals surface area contributed by atoms with E-state index in [0.717, 1.165) is 19.6 Å². The van der Waals surface area contributed by atoms with Gasteiger partial charge in [-0.3, -0.25) is 0 Å². The van der Waals surface area contributed by atoms with Crippen molar-refractivity contribution in [1.29, 1.82) is 0 Å². The van der Waals surface area contributed by atoms with Gasteiger partial charge >= 0.3 is 0 Å². The van der Waals surface area contributed by atoms with Crippen LogP contribution in [0.15, 0.2) is 42.5 Å². The molecule has 104 valence electrons. The third kappa shape index (κ3) is 2.64. The lowest BCUT2D eigenvalue weighted by atomic mass is 10.0. The minimum absolute atomic E-state index is 0.751. The first-order valence-electron chi connectivity index (χ1n) is 7.67. The summed E-state index contributed by atoms with van der Waals surface area (Å²) in [6.45, 7) is 3.85. The summed E-state index contributed by atoms with van der Waals surface area (Å²) in [6, 6.07) is 15.3. The topological polar surface area (TPSA) is 9.23 Å². The number of ether oxygens (including phenoxy) is 1. The number of benzene rings is 2. The molecule has 0 saturated heterocycles. The highest BCUT2D eigenvalue weighted by Gasteiger charge is 2.19. The van der Waals surface area contributed by atoms with Crippen LogP contribution < -0.4 is 0 Å². The third-order valence-electron chi connectivity index (χ3n) is 4.10. The van der Waals surface area contributed by atoms with Gasteiger partial charge in [0.15, 0.2) is 0 Å². The van der Waals surface area contributed by atoms with Gasteiger partial charge in [0.1, 0.15) is 0 Å². The zero-order valence-electron chi connectivity index (χ0n) is 12.2. The van der Waals surface area contributed by atoms with E-state index in [1.54, 1.807) is 0 Å². The highest BCUT2D eigenvalue weighted by atomic mass is 16.5. The molecular weight excluding hydrogens is 244 g/mol. The van der Waals surface area contributed by atoms with Gasteiger partial charge < -0.3 is 4.74 Å². The second-order valence-corrected chi connectivity index (χ2v) is 5.54. The van der Waals surface area contributed by atoms with Crippen molar-refractivity contribution in [3.63, 3.8) is 0 Å². The summed E-state index contributed by atoms with van der Waals surface area (Å²) in [4.78, 5) is 0. The maximum absolute atomic E-state index is 5.85. The van der Waals surface area contributed by atoms with Crippen molar-refractivity contribution in [2.45, 2.75) is 39.2 Å². The molecule has 0 amide bonds. The lowest BCUT2D eigenvalue weighted by molar-refractivity contribution is 0.116. The maximum atomic E-state index is 5.85. The van der Waals surface area contributed by atoms with Gasteiger partial charge in [-0.15, -0.1) is 0 Å². The third-order valence-corrected chi connectivity index (χ3v) is 4.10. The first kappa shape index (κ1) is 13.4. The van der Waals surface area contributed by atoms with Gasteiger partial charge in [-0.05, 0) is 40.7 Å². The fourth-order valence-electron chi connectivity index (χ4n) is 2.99. The molecular formula is C19H22O. The number of fused-ring (bicyclic) bond motifs is 3. The van der Waals surface area contributed by atoms with Crippen molar-refractivity contribution in [3.8, 4) is 11.1 Å². The molecule has 1 heteroatoms. The van der Waals surface area contributed by atoms with Gasteiger partial charge in [-0.1, -0.05) is 62.2 Å². The van der Waals surface area contributed by atoms with Crippen LogP contribution in [-0.4, -0.2) is 6.61 Å². The van der Waals surface area contributed by atoms with Crippen LogP contribution in [0.2, 0.25) is 0 Å². The molecule has 1 nitrogen and oxygen atoms in total. The normalized spacial score (nSPS) is 12.2. The molecule has 0 fully saturated rings. The van der Waals surface area contributed by atoms with Gasteiger partial charge in [0.25, 0.3) is 0 Å². The Morgan fingerprint density at radius 3 is 2.70 bits per heavy atom. The largest absolute Gasteiger partial charge is 0.377 e. The van der Waals surface area contributed by atoms with E-state index in [0.29, 0.717) is 0 Å². The maximum Gasteiger partial charge on any atom is 0.0719 e. The van der Waals surface area contributed by atoms with E-state index >= 15 is 0 Å². The van der Waals surface area contributed by atoms with Crippen LogP contribution in [0, 0.1) is 0 Å². The Labute approximate surface area is 121 Å². The van der Waals surface area contributed by atoms with Crippen LogP contribution in [-0.2, 0) is 17.8 Å². The fraction of sp³-hybridized carbons (Fsp3) is 0.368. The molecule has 0 saturated carbocycles. The molecule has 0 bridgehead atoms.